The molecule has 0 fully saturated rings. The molecule has 2 aromatic rings. The maximum atomic E-state index is 13.1. The number of aliphatic hydroxyl groups is 1. The zero-order valence-electron chi connectivity index (χ0n) is 8.35. The number of hydrogen-bond donors (Lipinski definition) is 1. The molecule has 1 atom stereocenters. The summed E-state index contributed by atoms with van der Waals surface area (Å²) >= 11 is 0. The average molecular weight is 216 g/mol. The molecule has 0 aromatic heterocycles. The monoisotopic (exact) mass is 216 g/mol. The minimum Gasteiger partial charge on any atom is -0.460 e. The molecule has 16 heavy (non-hydrogen) atoms. The zero-order chi connectivity index (χ0) is 11.1. The van der Waals surface area contributed by atoms with E-state index in [4.69, 9.17) is 4.74 Å². The van der Waals surface area contributed by atoms with E-state index in [0.29, 0.717) is 11.3 Å². The molecule has 1 aliphatic rings. The van der Waals surface area contributed by atoms with Crippen molar-refractivity contribution in [2.45, 2.75) is 6.29 Å². The van der Waals surface area contributed by atoms with Crippen LogP contribution < -0.4 is 4.74 Å². The molecule has 0 saturated carbocycles. The van der Waals surface area contributed by atoms with Gasteiger partial charge in [-0.1, -0.05) is 24.3 Å². The van der Waals surface area contributed by atoms with Crippen molar-refractivity contribution in [2.24, 2.45) is 0 Å². The number of aliphatic hydroxyl groups excluding tert-OH is 1. The fourth-order valence-electron chi connectivity index (χ4n) is 1.96. The number of para-hydroxylation sites is 1. The number of rotatable bonds is 0. The van der Waals surface area contributed by atoms with Crippen molar-refractivity contribution in [1.29, 1.82) is 0 Å². The van der Waals surface area contributed by atoms with Crippen LogP contribution in [-0.2, 0) is 0 Å². The fraction of sp³-hybridized carbons (Fsp3) is 0.0769. The second kappa shape index (κ2) is 3.32. The third-order valence-corrected chi connectivity index (χ3v) is 2.70. The third kappa shape index (κ3) is 1.29. The van der Waals surface area contributed by atoms with Gasteiger partial charge >= 0.3 is 0 Å². The molecule has 3 heteroatoms. The summed E-state index contributed by atoms with van der Waals surface area (Å²) in [7, 11) is 0. The number of fused-ring (bicyclic) bond motifs is 3. The van der Waals surface area contributed by atoms with Crippen molar-refractivity contribution in [2.75, 3.05) is 0 Å². The SMILES string of the molecule is OC1Oc2ccccc2-c2ccc(F)cc21. The Morgan fingerprint density at radius 2 is 1.88 bits per heavy atom. The minimum absolute atomic E-state index is 0.374. The smallest absolute Gasteiger partial charge is 0.225 e. The van der Waals surface area contributed by atoms with E-state index in [2.05, 4.69) is 0 Å². The maximum Gasteiger partial charge on any atom is 0.225 e. The predicted molar refractivity (Wildman–Crippen MR) is 57.4 cm³/mol. The Hall–Kier alpha value is -1.87. The molecule has 0 bridgehead atoms. The van der Waals surface area contributed by atoms with E-state index in [1.807, 2.05) is 18.2 Å². The molecular weight excluding hydrogens is 207 g/mol. The van der Waals surface area contributed by atoms with Crippen LogP contribution in [0.4, 0.5) is 4.39 Å². The first-order valence-corrected chi connectivity index (χ1v) is 4.99. The summed E-state index contributed by atoms with van der Waals surface area (Å²) in [6, 6.07) is 11.7. The van der Waals surface area contributed by atoms with Crippen LogP contribution in [0.1, 0.15) is 11.9 Å². The first-order valence-electron chi connectivity index (χ1n) is 4.99. The highest BCUT2D eigenvalue weighted by Crippen LogP contribution is 2.41. The van der Waals surface area contributed by atoms with Crippen LogP contribution in [0.2, 0.25) is 0 Å². The van der Waals surface area contributed by atoms with Crippen molar-refractivity contribution >= 4 is 0 Å². The van der Waals surface area contributed by atoms with Crippen LogP contribution in [0.25, 0.3) is 11.1 Å². The van der Waals surface area contributed by atoms with E-state index in [1.165, 1.54) is 12.1 Å². The highest BCUT2D eigenvalue weighted by atomic mass is 19.1. The highest BCUT2D eigenvalue weighted by Gasteiger charge is 2.24. The van der Waals surface area contributed by atoms with Gasteiger partial charge in [-0.15, -0.1) is 0 Å². The van der Waals surface area contributed by atoms with Crippen LogP contribution in [-0.4, -0.2) is 5.11 Å². The Morgan fingerprint density at radius 3 is 2.75 bits per heavy atom. The van der Waals surface area contributed by atoms with E-state index in [0.717, 1.165) is 11.1 Å². The summed E-state index contributed by atoms with van der Waals surface area (Å²) in [5.41, 5.74) is 2.16. The van der Waals surface area contributed by atoms with E-state index >= 15 is 0 Å². The van der Waals surface area contributed by atoms with Crippen LogP contribution in [0, 0.1) is 5.82 Å². The van der Waals surface area contributed by atoms with Crippen LogP contribution in [0.15, 0.2) is 42.5 Å². The summed E-state index contributed by atoms with van der Waals surface area (Å²) in [6.45, 7) is 0. The lowest BCUT2D eigenvalue weighted by Gasteiger charge is -2.24. The van der Waals surface area contributed by atoms with Gasteiger partial charge in [0.05, 0.1) is 0 Å². The average Bonchev–Trinajstić information content (AvgIpc) is 2.29. The number of halogens is 1. The molecule has 1 heterocycles. The van der Waals surface area contributed by atoms with Gasteiger partial charge < -0.3 is 9.84 Å². The zero-order valence-corrected chi connectivity index (χ0v) is 8.35. The lowest BCUT2D eigenvalue weighted by Crippen LogP contribution is -2.13. The van der Waals surface area contributed by atoms with Crippen molar-refractivity contribution in [3.63, 3.8) is 0 Å². The fourth-order valence-corrected chi connectivity index (χ4v) is 1.96. The summed E-state index contributed by atoms with van der Waals surface area (Å²) in [5, 5.41) is 9.74. The van der Waals surface area contributed by atoms with Crippen molar-refractivity contribution in [3.8, 4) is 16.9 Å². The van der Waals surface area contributed by atoms with Crippen LogP contribution >= 0.6 is 0 Å². The minimum atomic E-state index is -1.10. The molecule has 0 spiro atoms. The summed E-state index contributed by atoms with van der Waals surface area (Å²) in [5.74, 6) is 0.245. The van der Waals surface area contributed by atoms with Gasteiger partial charge in [-0.3, -0.25) is 0 Å². The first-order chi connectivity index (χ1) is 7.75. The second-order valence-electron chi connectivity index (χ2n) is 3.70. The summed E-state index contributed by atoms with van der Waals surface area (Å²) in [4.78, 5) is 0. The van der Waals surface area contributed by atoms with Crippen LogP contribution in [0.5, 0.6) is 5.75 Å². The molecule has 0 aliphatic carbocycles. The molecule has 3 rings (SSSR count). The van der Waals surface area contributed by atoms with E-state index in [-0.39, 0.29) is 5.82 Å². The van der Waals surface area contributed by atoms with E-state index in [1.54, 1.807) is 12.1 Å². The predicted octanol–water partition coefficient (Wildman–Crippen LogP) is 2.88. The Labute approximate surface area is 91.9 Å². The molecule has 1 unspecified atom stereocenters. The molecule has 0 saturated heterocycles. The summed E-state index contributed by atoms with van der Waals surface area (Å²) in [6.07, 6.45) is -1.10. The van der Waals surface area contributed by atoms with Crippen LogP contribution in [0.3, 0.4) is 0 Å². The Morgan fingerprint density at radius 1 is 1.06 bits per heavy atom. The largest absolute Gasteiger partial charge is 0.460 e. The Kier molecular flexibility index (Phi) is 1.94. The molecule has 0 amide bonds. The molecule has 2 nitrogen and oxygen atoms in total. The van der Waals surface area contributed by atoms with Gasteiger partial charge in [0.15, 0.2) is 0 Å². The quantitative estimate of drug-likeness (QED) is 0.733. The van der Waals surface area contributed by atoms with Gasteiger partial charge in [-0.2, -0.15) is 0 Å². The standard InChI is InChI=1S/C13H9FO2/c14-8-5-6-9-10-3-1-2-4-12(10)16-13(15)11(9)7-8/h1-7,13,15H. The van der Waals surface area contributed by atoms with E-state index in [9.17, 15) is 9.50 Å². The van der Waals surface area contributed by atoms with Gasteiger partial charge in [0.2, 0.25) is 6.29 Å². The summed E-state index contributed by atoms with van der Waals surface area (Å²) < 4.78 is 18.4. The van der Waals surface area contributed by atoms with Crippen molar-refractivity contribution < 1.29 is 14.2 Å². The second-order valence-corrected chi connectivity index (χ2v) is 3.70. The maximum absolute atomic E-state index is 13.1. The van der Waals surface area contributed by atoms with E-state index < -0.39 is 6.29 Å². The van der Waals surface area contributed by atoms with Gasteiger partial charge in [0, 0.05) is 11.1 Å². The van der Waals surface area contributed by atoms with Crippen molar-refractivity contribution in [3.05, 3.63) is 53.8 Å². The normalized spacial score (nSPS) is 17.2. The Balaban J connectivity index is 2.28. The van der Waals surface area contributed by atoms with Gasteiger partial charge in [0.1, 0.15) is 11.6 Å². The number of benzene rings is 2. The molecule has 80 valence electrons. The first kappa shape index (κ1) is 9.36. The van der Waals surface area contributed by atoms with Gasteiger partial charge in [-0.05, 0) is 23.8 Å². The third-order valence-electron chi connectivity index (χ3n) is 2.70. The molecule has 1 aliphatic heterocycles. The van der Waals surface area contributed by atoms with Gasteiger partial charge in [0.25, 0.3) is 0 Å². The molecule has 1 N–H and O–H groups in total. The highest BCUT2D eigenvalue weighted by molar-refractivity contribution is 5.75. The van der Waals surface area contributed by atoms with Gasteiger partial charge in [-0.25, -0.2) is 4.39 Å². The van der Waals surface area contributed by atoms with Crippen molar-refractivity contribution in [1.82, 2.24) is 0 Å². The number of hydrogen-bond acceptors (Lipinski definition) is 2. The molecule has 2 aromatic carbocycles. The topological polar surface area (TPSA) is 29.5 Å². The molecular formula is C13H9FO2. The molecule has 0 radical (unpaired) electrons. The lowest BCUT2D eigenvalue weighted by molar-refractivity contribution is -0.0215. The Bertz CT molecular complexity index is 551. The lowest BCUT2D eigenvalue weighted by atomic mass is 9.96. The number of ether oxygens (including phenoxy) is 1.